The minimum atomic E-state index is -0.456. The van der Waals surface area contributed by atoms with Gasteiger partial charge in [-0.1, -0.05) is 30.1 Å². The quantitative estimate of drug-likeness (QED) is 0.224. The van der Waals surface area contributed by atoms with E-state index in [0.717, 1.165) is 12.8 Å². The topological polar surface area (TPSA) is 96.0 Å². The standard InChI is InChI=1S/C25H29Cl2N3O5/c1-4-5-8-32-25(31)15-9-18(10-15)34-17-6-7-19(20(26)12-17)22-29-23(35-30-22)16-11-21(27)24(28-13-16)33-14(2)3/h6-7,11-15,18,21,24H,4-5,8-10H2,1-3H3. The van der Waals surface area contributed by atoms with Gasteiger partial charge in [0.05, 0.1) is 34.6 Å². The lowest BCUT2D eigenvalue weighted by Gasteiger charge is -2.33. The molecule has 1 aliphatic carbocycles. The Balaban J connectivity index is 1.34. The van der Waals surface area contributed by atoms with E-state index in [9.17, 15) is 4.79 Å². The number of dihydropyridines is 1. The number of aromatic nitrogens is 2. The second kappa shape index (κ2) is 11.5. The number of carbonyl (C=O) groups excluding carboxylic acids is 1. The number of carbonyl (C=O) groups is 1. The van der Waals surface area contributed by atoms with E-state index in [2.05, 4.69) is 22.1 Å². The number of nitrogens with zero attached hydrogens (tertiary/aromatic N) is 3. The first kappa shape index (κ1) is 25.7. The number of hydrogen-bond donors (Lipinski definition) is 0. The van der Waals surface area contributed by atoms with Crippen LogP contribution in [-0.2, 0) is 14.3 Å². The second-order valence-corrected chi connectivity index (χ2v) is 9.83. The summed E-state index contributed by atoms with van der Waals surface area (Å²) in [5, 5.41) is 4.03. The third-order valence-corrected chi connectivity index (χ3v) is 6.37. The summed E-state index contributed by atoms with van der Waals surface area (Å²) < 4.78 is 22.3. The van der Waals surface area contributed by atoms with Crippen LogP contribution in [0.2, 0.25) is 5.02 Å². The third kappa shape index (κ3) is 6.42. The SMILES string of the molecule is CCCCOC(=O)C1CC(Oc2ccc(-c3noc(C4=CC(Cl)C(OC(C)C)N=C4)n3)c(Cl)c2)C1. The molecule has 1 aliphatic heterocycles. The van der Waals surface area contributed by atoms with Gasteiger partial charge in [0.25, 0.3) is 5.89 Å². The van der Waals surface area contributed by atoms with Gasteiger partial charge in [0.1, 0.15) is 11.9 Å². The van der Waals surface area contributed by atoms with Crippen LogP contribution in [0.1, 0.15) is 52.3 Å². The molecule has 1 aromatic carbocycles. The maximum atomic E-state index is 12.0. The number of esters is 1. The highest BCUT2D eigenvalue weighted by molar-refractivity contribution is 6.33. The molecule has 0 N–H and O–H groups in total. The lowest BCUT2D eigenvalue weighted by Crippen LogP contribution is -2.39. The lowest BCUT2D eigenvalue weighted by molar-refractivity contribution is -0.155. The van der Waals surface area contributed by atoms with Crippen molar-refractivity contribution in [3.63, 3.8) is 0 Å². The smallest absolute Gasteiger partial charge is 0.309 e. The van der Waals surface area contributed by atoms with Gasteiger partial charge in [-0.05, 0) is 57.4 Å². The molecule has 188 valence electrons. The zero-order valence-electron chi connectivity index (χ0n) is 19.9. The highest BCUT2D eigenvalue weighted by Gasteiger charge is 2.37. The van der Waals surface area contributed by atoms with Crippen LogP contribution < -0.4 is 4.74 Å². The lowest BCUT2D eigenvalue weighted by atomic mass is 9.82. The Morgan fingerprint density at radius 2 is 2.09 bits per heavy atom. The molecule has 2 atom stereocenters. The van der Waals surface area contributed by atoms with Crippen LogP contribution in [0.15, 0.2) is 33.8 Å². The fourth-order valence-corrected chi connectivity index (χ4v) is 4.25. The molecule has 2 unspecified atom stereocenters. The highest BCUT2D eigenvalue weighted by Crippen LogP contribution is 2.35. The van der Waals surface area contributed by atoms with Crippen LogP contribution in [-0.4, -0.2) is 52.7 Å². The Kier molecular flexibility index (Phi) is 8.46. The molecule has 8 nitrogen and oxygen atoms in total. The summed E-state index contributed by atoms with van der Waals surface area (Å²) in [4.78, 5) is 20.8. The summed E-state index contributed by atoms with van der Waals surface area (Å²) in [5.41, 5.74) is 1.23. The number of unbranched alkanes of at least 4 members (excludes halogenated alkanes) is 1. The number of halogens is 2. The van der Waals surface area contributed by atoms with E-state index in [0.29, 0.717) is 53.1 Å². The Morgan fingerprint density at radius 3 is 2.77 bits per heavy atom. The van der Waals surface area contributed by atoms with Crippen LogP contribution in [0.4, 0.5) is 0 Å². The third-order valence-electron chi connectivity index (χ3n) is 5.71. The summed E-state index contributed by atoms with van der Waals surface area (Å²) in [7, 11) is 0. The average Bonchev–Trinajstić information content (AvgIpc) is 3.27. The molecule has 4 rings (SSSR count). The molecule has 0 spiro atoms. The number of ether oxygens (including phenoxy) is 3. The Morgan fingerprint density at radius 1 is 1.29 bits per heavy atom. The number of allylic oxidation sites excluding steroid dienone is 1. The molecule has 1 aromatic heterocycles. The molecule has 0 radical (unpaired) electrons. The van der Waals surface area contributed by atoms with E-state index < -0.39 is 11.6 Å². The van der Waals surface area contributed by atoms with E-state index in [-0.39, 0.29) is 24.1 Å². The van der Waals surface area contributed by atoms with Crippen molar-refractivity contribution in [2.24, 2.45) is 10.9 Å². The zero-order valence-corrected chi connectivity index (χ0v) is 21.5. The molecular formula is C25H29Cl2N3O5. The first-order chi connectivity index (χ1) is 16.8. The number of aliphatic imine (C=N–C) groups is 1. The second-order valence-electron chi connectivity index (χ2n) is 8.91. The van der Waals surface area contributed by atoms with E-state index in [1.165, 1.54) is 0 Å². The Labute approximate surface area is 214 Å². The Hall–Kier alpha value is -2.42. The monoisotopic (exact) mass is 521 g/mol. The van der Waals surface area contributed by atoms with Gasteiger partial charge in [-0.3, -0.25) is 9.79 Å². The largest absolute Gasteiger partial charge is 0.490 e. The Bertz CT molecular complexity index is 1090. The van der Waals surface area contributed by atoms with Crippen LogP contribution in [0.5, 0.6) is 5.75 Å². The molecule has 2 aromatic rings. The van der Waals surface area contributed by atoms with Gasteiger partial charge in [-0.25, -0.2) is 0 Å². The zero-order chi connectivity index (χ0) is 24.9. The molecule has 10 heteroatoms. The van der Waals surface area contributed by atoms with Crippen LogP contribution >= 0.6 is 23.2 Å². The molecule has 0 bridgehead atoms. The molecule has 35 heavy (non-hydrogen) atoms. The molecule has 1 fully saturated rings. The van der Waals surface area contributed by atoms with Crippen molar-refractivity contribution in [2.45, 2.75) is 70.3 Å². The van der Waals surface area contributed by atoms with Gasteiger partial charge in [0.15, 0.2) is 6.23 Å². The fraction of sp³-hybridized carbons (Fsp3) is 0.520. The van der Waals surface area contributed by atoms with Crippen molar-refractivity contribution in [1.82, 2.24) is 10.1 Å². The summed E-state index contributed by atoms with van der Waals surface area (Å²) in [6.07, 6.45) is 6.08. The van der Waals surface area contributed by atoms with Gasteiger partial charge < -0.3 is 18.7 Å². The summed E-state index contributed by atoms with van der Waals surface area (Å²) >= 11 is 12.9. The van der Waals surface area contributed by atoms with Crippen molar-refractivity contribution in [3.05, 3.63) is 35.2 Å². The van der Waals surface area contributed by atoms with Crippen LogP contribution in [0, 0.1) is 5.92 Å². The number of benzene rings is 1. The maximum Gasteiger partial charge on any atom is 0.309 e. The van der Waals surface area contributed by atoms with E-state index in [1.54, 1.807) is 30.5 Å². The van der Waals surface area contributed by atoms with Gasteiger partial charge in [-0.2, -0.15) is 4.98 Å². The molecular weight excluding hydrogens is 493 g/mol. The number of hydrogen-bond acceptors (Lipinski definition) is 8. The molecule has 2 heterocycles. The van der Waals surface area contributed by atoms with Crippen molar-refractivity contribution in [3.8, 4) is 17.1 Å². The summed E-state index contributed by atoms with van der Waals surface area (Å²) in [6, 6.07) is 5.29. The maximum absolute atomic E-state index is 12.0. The van der Waals surface area contributed by atoms with Gasteiger partial charge >= 0.3 is 5.97 Å². The van der Waals surface area contributed by atoms with E-state index in [4.69, 9.17) is 41.9 Å². The minimum Gasteiger partial charge on any atom is -0.490 e. The fourth-order valence-electron chi connectivity index (χ4n) is 3.73. The normalized spacial score (nSPS) is 23.7. The predicted octanol–water partition coefficient (Wildman–Crippen LogP) is 5.72. The van der Waals surface area contributed by atoms with Crippen molar-refractivity contribution in [1.29, 1.82) is 0 Å². The van der Waals surface area contributed by atoms with Gasteiger partial charge in [-0.15, -0.1) is 11.6 Å². The summed E-state index contributed by atoms with van der Waals surface area (Å²) in [5.74, 6) is 1.02. The number of rotatable bonds is 10. The van der Waals surface area contributed by atoms with Gasteiger partial charge in [0, 0.05) is 11.8 Å². The molecule has 2 aliphatic rings. The average molecular weight is 522 g/mol. The van der Waals surface area contributed by atoms with E-state index in [1.807, 2.05) is 13.8 Å². The minimum absolute atomic E-state index is 0.00947. The molecule has 1 saturated carbocycles. The van der Waals surface area contributed by atoms with Crippen molar-refractivity contribution < 1.29 is 23.5 Å². The van der Waals surface area contributed by atoms with E-state index >= 15 is 0 Å². The molecule has 0 saturated heterocycles. The first-order valence-electron chi connectivity index (χ1n) is 11.9. The predicted molar refractivity (Wildman–Crippen MR) is 134 cm³/mol. The number of alkyl halides is 1. The van der Waals surface area contributed by atoms with Crippen LogP contribution in [0.3, 0.4) is 0 Å². The summed E-state index contributed by atoms with van der Waals surface area (Å²) in [6.45, 7) is 6.40. The van der Waals surface area contributed by atoms with Crippen molar-refractivity contribution in [2.75, 3.05) is 6.61 Å². The van der Waals surface area contributed by atoms with Crippen molar-refractivity contribution >= 4 is 41.0 Å². The van der Waals surface area contributed by atoms with Gasteiger partial charge in [0.2, 0.25) is 5.82 Å². The first-order valence-corrected chi connectivity index (χ1v) is 12.7. The highest BCUT2D eigenvalue weighted by atomic mass is 35.5. The van der Waals surface area contributed by atoms with Crippen LogP contribution in [0.25, 0.3) is 17.0 Å². The molecule has 0 amide bonds.